The summed E-state index contributed by atoms with van der Waals surface area (Å²) in [6, 6.07) is 12.1. The number of hydrogen-bond donors (Lipinski definition) is 1. The van der Waals surface area contributed by atoms with Crippen molar-refractivity contribution in [1.29, 1.82) is 0 Å². The molecule has 1 aliphatic heterocycles. The Bertz CT molecular complexity index is 763. The number of hydrogen-bond acceptors (Lipinski definition) is 3. The Hall–Kier alpha value is -2.49. The molecule has 0 fully saturated rings. The molecule has 0 amide bonds. The Kier molecular flexibility index (Phi) is 2.59. The summed E-state index contributed by atoms with van der Waals surface area (Å²) >= 11 is 0. The van der Waals surface area contributed by atoms with Crippen molar-refractivity contribution in [2.45, 2.75) is 12.8 Å². The van der Waals surface area contributed by atoms with Crippen molar-refractivity contribution in [3.8, 4) is 11.6 Å². The second-order valence-corrected chi connectivity index (χ2v) is 4.94. The van der Waals surface area contributed by atoms with Gasteiger partial charge in [0.05, 0.1) is 5.69 Å². The number of imidazole rings is 1. The third-order valence-electron chi connectivity index (χ3n) is 3.64. The number of rotatable bonds is 2. The number of para-hydroxylation sites is 1. The molecule has 4 nitrogen and oxygen atoms in total. The molecule has 20 heavy (non-hydrogen) atoms. The third kappa shape index (κ3) is 1.81. The van der Waals surface area contributed by atoms with Crippen molar-refractivity contribution in [2.24, 2.45) is 0 Å². The molecule has 0 unspecified atom stereocenters. The number of nitrogens with one attached hydrogen (secondary N) is 1. The fraction of sp³-hybridized carbons (Fsp3) is 0.188. The number of aryl methyl sites for hydroxylation is 1. The van der Waals surface area contributed by atoms with Crippen molar-refractivity contribution in [2.75, 3.05) is 11.9 Å². The molecule has 1 aromatic carbocycles. The summed E-state index contributed by atoms with van der Waals surface area (Å²) < 4.78 is 8.06. The number of aromatic nitrogens is 2. The molecule has 0 aliphatic carbocycles. The number of ether oxygens (including phenoxy) is 1. The number of nitrogens with zero attached hydrogens (tertiary/aromatic N) is 2. The molecule has 1 aliphatic rings. The van der Waals surface area contributed by atoms with E-state index >= 15 is 0 Å². The molecule has 0 bridgehead atoms. The van der Waals surface area contributed by atoms with Crippen molar-refractivity contribution in [3.63, 3.8) is 0 Å². The third-order valence-corrected chi connectivity index (χ3v) is 3.64. The standard InChI is InChI=1S/C16H15N3O/c1-4-12-5-3-9-18-16(12)13(6-1)20-15-8-2-7-14-17-10-11-19(14)15/h1-2,4,6-8,10-11,18H,3,5,9H2. The lowest BCUT2D eigenvalue weighted by Crippen LogP contribution is -2.12. The summed E-state index contributed by atoms with van der Waals surface area (Å²) in [5.74, 6) is 1.66. The van der Waals surface area contributed by atoms with Crippen LogP contribution in [-0.2, 0) is 6.42 Å². The lowest BCUT2D eigenvalue weighted by molar-refractivity contribution is 0.456. The van der Waals surface area contributed by atoms with Gasteiger partial charge in [-0.25, -0.2) is 4.98 Å². The first-order valence-electron chi connectivity index (χ1n) is 6.87. The smallest absolute Gasteiger partial charge is 0.205 e. The van der Waals surface area contributed by atoms with Crippen LogP contribution in [0.4, 0.5) is 5.69 Å². The van der Waals surface area contributed by atoms with Gasteiger partial charge in [0.2, 0.25) is 5.88 Å². The maximum Gasteiger partial charge on any atom is 0.205 e. The predicted octanol–water partition coefficient (Wildman–Crippen LogP) is 3.48. The predicted molar refractivity (Wildman–Crippen MR) is 78.5 cm³/mol. The van der Waals surface area contributed by atoms with E-state index < -0.39 is 0 Å². The normalized spacial score (nSPS) is 13.8. The lowest BCUT2D eigenvalue weighted by atomic mass is 10.0. The maximum atomic E-state index is 6.11. The number of pyridine rings is 1. The average molecular weight is 265 g/mol. The van der Waals surface area contributed by atoms with Crippen LogP contribution >= 0.6 is 0 Å². The first kappa shape index (κ1) is 11.3. The van der Waals surface area contributed by atoms with Gasteiger partial charge in [-0.15, -0.1) is 0 Å². The Balaban J connectivity index is 1.78. The Morgan fingerprint density at radius 3 is 3.10 bits per heavy atom. The topological polar surface area (TPSA) is 38.6 Å². The van der Waals surface area contributed by atoms with E-state index in [1.165, 1.54) is 12.0 Å². The van der Waals surface area contributed by atoms with E-state index in [0.29, 0.717) is 0 Å². The zero-order valence-corrected chi connectivity index (χ0v) is 11.0. The first-order chi connectivity index (χ1) is 9.92. The fourth-order valence-corrected chi connectivity index (χ4v) is 2.68. The van der Waals surface area contributed by atoms with Gasteiger partial charge in [0.1, 0.15) is 5.65 Å². The van der Waals surface area contributed by atoms with Crippen LogP contribution in [0.2, 0.25) is 0 Å². The van der Waals surface area contributed by atoms with E-state index in [4.69, 9.17) is 4.74 Å². The molecule has 0 spiro atoms. The van der Waals surface area contributed by atoms with Crippen molar-refractivity contribution >= 4 is 11.3 Å². The molecule has 0 atom stereocenters. The van der Waals surface area contributed by atoms with Crippen LogP contribution in [0.1, 0.15) is 12.0 Å². The van der Waals surface area contributed by atoms with E-state index in [-0.39, 0.29) is 0 Å². The summed E-state index contributed by atoms with van der Waals surface area (Å²) in [4.78, 5) is 4.28. The zero-order valence-electron chi connectivity index (χ0n) is 11.0. The molecule has 4 rings (SSSR count). The van der Waals surface area contributed by atoms with Crippen LogP contribution in [0.3, 0.4) is 0 Å². The monoisotopic (exact) mass is 265 g/mol. The highest BCUT2D eigenvalue weighted by atomic mass is 16.5. The van der Waals surface area contributed by atoms with Crippen LogP contribution in [0.15, 0.2) is 48.8 Å². The highest BCUT2D eigenvalue weighted by Crippen LogP contribution is 2.35. The Morgan fingerprint density at radius 2 is 2.10 bits per heavy atom. The van der Waals surface area contributed by atoms with Crippen molar-refractivity contribution in [1.82, 2.24) is 9.38 Å². The maximum absolute atomic E-state index is 6.11. The second-order valence-electron chi connectivity index (χ2n) is 4.94. The second kappa shape index (κ2) is 4.56. The molecule has 0 saturated heterocycles. The minimum Gasteiger partial charge on any atom is -0.438 e. The molecule has 0 saturated carbocycles. The quantitative estimate of drug-likeness (QED) is 0.771. The minimum absolute atomic E-state index is 0.778. The molecule has 4 heteroatoms. The average Bonchev–Trinajstić information content (AvgIpc) is 2.97. The Labute approximate surface area is 117 Å². The summed E-state index contributed by atoms with van der Waals surface area (Å²) in [6.45, 7) is 1.00. The van der Waals surface area contributed by atoms with Gasteiger partial charge in [0.15, 0.2) is 5.75 Å². The molecule has 0 radical (unpaired) electrons. The number of benzene rings is 1. The van der Waals surface area contributed by atoms with Crippen LogP contribution in [0.5, 0.6) is 11.6 Å². The summed E-state index contributed by atoms with van der Waals surface area (Å²) in [6.07, 6.45) is 5.97. The van der Waals surface area contributed by atoms with Crippen LogP contribution < -0.4 is 10.1 Å². The van der Waals surface area contributed by atoms with E-state index in [1.807, 2.05) is 34.9 Å². The Morgan fingerprint density at radius 1 is 1.15 bits per heavy atom. The molecular weight excluding hydrogens is 250 g/mol. The number of anilines is 1. The van der Waals surface area contributed by atoms with E-state index in [9.17, 15) is 0 Å². The van der Waals surface area contributed by atoms with Crippen LogP contribution in [-0.4, -0.2) is 15.9 Å². The van der Waals surface area contributed by atoms with Gasteiger partial charge in [-0.1, -0.05) is 18.2 Å². The van der Waals surface area contributed by atoms with Gasteiger partial charge in [-0.3, -0.25) is 4.40 Å². The lowest BCUT2D eigenvalue weighted by Gasteiger charge is -2.21. The molecule has 1 N–H and O–H groups in total. The van der Waals surface area contributed by atoms with E-state index in [0.717, 1.165) is 35.9 Å². The van der Waals surface area contributed by atoms with E-state index in [1.54, 1.807) is 6.20 Å². The van der Waals surface area contributed by atoms with Gasteiger partial charge >= 0.3 is 0 Å². The van der Waals surface area contributed by atoms with Gasteiger partial charge in [0, 0.05) is 18.9 Å². The number of fused-ring (bicyclic) bond motifs is 2. The van der Waals surface area contributed by atoms with Crippen LogP contribution in [0, 0.1) is 0 Å². The van der Waals surface area contributed by atoms with Gasteiger partial charge < -0.3 is 10.1 Å². The van der Waals surface area contributed by atoms with E-state index in [2.05, 4.69) is 22.4 Å². The summed E-state index contributed by atoms with van der Waals surface area (Å²) in [5, 5.41) is 3.44. The van der Waals surface area contributed by atoms with Gasteiger partial charge in [-0.05, 0) is 36.6 Å². The van der Waals surface area contributed by atoms with Crippen molar-refractivity contribution < 1.29 is 4.74 Å². The molecule has 3 heterocycles. The summed E-state index contributed by atoms with van der Waals surface area (Å²) in [7, 11) is 0. The molecule has 100 valence electrons. The van der Waals surface area contributed by atoms with Gasteiger partial charge in [0.25, 0.3) is 0 Å². The minimum atomic E-state index is 0.778. The van der Waals surface area contributed by atoms with Gasteiger partial charge in [-0.2, -0.15) is 0 Å². The fourth-order valence-electron chi connectivity index (χ4n) is 2.68. The van der Waals surface area contributed by atoms with Crippen LogP contribution in [0.25, 0.3) is 5.65 Å². The molecular formula is C16H15N3O. The molecule has 2 aromatic heterocycles. The SMILES string of the molecule is c1cc2c(c(Oc3cccc4nccn34)c1)NCCC2. The highest BCUT2D eigenvalue weighted by Gasteiger charge is 2.14. The highest BCUT2D eigenvalue weighted by molar-refractivity contribution is 5.64. The first-order valence-corrected chi connectivity index (χ1v) is 6.87. The largest absolute Gasteiger partial charge is 0.438 e. The summed E-state index contributed by atoms with van der Waals surface area (Å²) in [5.41, 5.74) is 3.34. The van der Waals surface area contributed by atoms with Crippen molar-refractivity contribution in [3.05, 3.63) is 54.4 Å². The molecule has 3 aromatic rings. The zero-order chi connectivity index (χ0) is 13.4.